The van der Waals surface area contributed by atoms with Crippen molar-refractivity contribution < 1.29 is 28.2 Å². The van der Waals surface area contributed by atoms with Gasteiger partial charge in [0, 0.05) is 17.5 Å². The zero-order chi connectivity index (χ0) is 23.9. The molecule has 0 atom stereocenters. The van der Waals surface area contributed by atoms with Crippen molar-refractivity contribution in [1.29, 1.82) is 0 Å². The zero-order valence-electron chi connectivity index (χ0n) is 19.0. The van der Waals surface area contributed by atoms with E-state index in [2.05, 4.69) is 5.32 Å². The third-order valence-corrected chi connectivity index (χ3v) is 5.62. The van der Waals surface area contributed by atoms with Gasteiger partial charge in [-0.15, -0.1) is 0 Å². The number of nitrogens with one attached hydrogen (secondary N) is 1. The van der Waals surface area contributed by atoms with Crippen molar-refractivity contribution >= 4 is 22.8 Å². The lowest BCUT2D eigenvalue weighted by Gasteiger charge is -2.22. The van der Waals surface area contributed by atoms with Crippen molar-refractivity contribution in [2.75, 3.05) is 13.2 Å². The predicted octanol–water partition coefficient (Wildman–Crippen LogP) is 4.24. The van der Waals surface area contributed by atoms with Gasteiger partial charge >= 0.3 is 11.6 Å². The number of esters is 1. The maximum Gasteiger partial charge on any atom is 0.349 e. The van der Waals surface area contributed by atoms with E-state index >= 15 is 0 Å². The second kappa shape index (κ2) is 10.9. The smallest absolute Gasteiger partial charge is 0.349 e. The fourth-order valence-electron chi connectivity index (χ4n) is 3.97. The first-order valence-corrected chi connectivity index (χ1v) is 11.5. The van der Waals surface area contributed by atoms with E-state index in [0.717, 1.165) is 25.7 Å². The minimum atomic E-state index is -0.736. The molecule has 8 nitrogen and oxygen atoms in total. The summed E-state index contributed by atoms with van der Waals surface area (Å²) < 4.78 is 21.6. The number of para-hydroxylation sites is 2. The summed E-state index contributed by atoms with van der Waals surface area (Å²) in [6, 6.07) is 13.2. The molecule has 34 heavy (non-hydrogen) atoms. The fourth-order valence-corrected chi connectivity index (χ4v) is 3.97. The minimum absolute atomic E-state index is 0.0378. The largest absolute Gasteiger partial charge is 0.490 e. The average molecular weight is 466 g/mol. The molecule has 0 radical (unpaired) electrons. The Kier molecular flexibility index (Phi) is 7.47. The Morgan fingerprint density at radius 1 is 1.00 bits per heavy atom. The summed E-state index contributed by atoms with van der Waals surface area (Å²) in [6.07, 6.45) is 5.15. The Bertz CT molecular complexity index is 1230. The molecule has 1 aliphatic rings. The molecule has 3 aromatic rings. The van der Waals surface area contributed by atoms with Crippen LogP contribution in [-0.2, 0) is 4.79 Å². The topological polar surface area (TPSA) is 104 Å². The van der Waals surface area contributed by atoms with Crippen molar-refractivity contribution in [3.8, 4) is 17.2 Å². The summed E-state index contributed by atoms with van der Waals surface area (Å²) in [6.45, 7) is 2.00. The van der Waals surface area contributed by atoms with Crippen molar-refractivity contribution in [3.05, 3.63) is 64.5 Å². The molecule has 0 aliphatic heterocycles. The van der Waals surface area contributed by atoms with Crippen LogP contribution in [0.2, 0.25) is 0 Å². The van der Waals surface area contributed by atoms with Gasteiger partial charge in [-0.1, -0.05) is 31.4 Å². The highest BCUT2D eigenvalue weighted by Gasteiger charge is 2.20. The van der Waals surface area contributed by atoms with Crippen LogP contribution in [0.15, 0.2) is 57.7 Å². The third kappa shape index (κ3) is 5.75. The van der Waals surface area contributed by atoms with E-state index in [1.807, 2.05) is 13.0 Å². The second-order valence-corrected chi connectivity index (χ2v) is 8.10. The van der Waals surface area contributed by atoms with E-state index in [4.69, 9.17) is 18.6 Å². The Hall–Kier alpha value is -3.81. The van der Waals surface area contributed by atoms with Crippen molar-refractivity contribution in [2.45, 2.75) is 45.1 Å². The van der Waals surface area contributed by atoms with Crippen molar-refractivity contribution in [2.24, 2.45) is 0 Å². The van der Waals surface area contributed by atoms with E-state index in [0.29, 0.717) is 23.5 Å². The Morgan fingerprint density at radius 3 is 2.47 bits per heavy atom. The van der Waals surface area contributed by atoms with Gasteiger partial charge in [-0.3, -0.25) is 4.79 Å². The number of hydrogen-bond donors (Lipinski definition) is 1. The van der Waals surface area contributed by atoms with Gasteiger partial charge in [0.2, 0.25) is 0 Å². The quantitative estimate of drug-likeness (QED) is 0.301. The molecular formula is C26H27NO7. The minimum Gasteiger partial charge on any atom is -0.490 e. The fraction of sp³-hybridized carbons (Fsp3) is 0.346. The lowest BCUT2D eigenvalue weighted by molar-refractivity contribution is -0.136. The number of carbonyl (C=O) groups excluding carboxylic acids is 2. The monoisotopic (exact) mass is 465 g/mol. The van der Waals surface area contributed by atoms with Gasteiger partial charge in [-0.25, -0.2) is 9.59 Å². The van der Waals surface area contributed by atoms with Gasteiger partial charge in [-0.2, -0.15) is 0 Å². The van der Waals surface area contributed by atoms with Gasteiger partial charge in [0.1, 0.15) is 16.9 Å². The number of hydrogen-bond acceptors (Lipinski definition) is 7. The highest BCUT2D eigenvalue weighted by molar-refractivity contribution is 5.97. The van der Waals surface area contributed by atoms with Crippen LogP contribution in [0.3, 0.4) is 0 Å². The zero-order valence-corrected chi connectivity index (χ0v) is 19.0. The summed E-state index contributed by atoms with van der Waals surface area (Å²) in [5, 5.41) is 3.48. The Labute approximate surface area is 196 Å². The first-order chi connectivity index (χ1) is 16.5. The summed E-state index contributed by atoms with van der Waals surface area (Å²) in [7, 11) is 0. The molecule has 1 fully saturated rings. The SMILES string of the molecule is CCOc1ccccc1OCC(=O)Oc1ccc2cc(C(=O)NC3CCCCC3)c(=O)oc2c1. The van der Waals surface area contributed by atoms with Gasteiger partial charge < -0.3 is 23.9 Å². The lowest BCUT2D eigenvalue weighted by Crippen LogP contribution is -2.38. The average Bonchev–Trinajstić information content (AvgIpc) is 2.84. The van der Waals surface area contributed by atoms with Crippen LogP contribution in [-0.4, -0.2) is 31.1 Å². The van der Waals surface area contributed by atoms with Crippen LogP contribution in [0.4, 0.5) is 0 Å². The third-order valence-electron chi connectivity index (χ3n) is 5.62. The van der Waals surface area contributed by atoms with Gasteiger partial charge in [0.05, 0.1) is 6.61 Å². The van der Waals surface area contributed by atoms with E-state index in [-0.39, 0.29) is 29.5 Å². The van der Waals surface area contributed by atoms with Gasteiger partial charge in [0.25, 0.3) is 5.91 Å². The number of rotatable bonds is 8. The van der Waals surface area contributed by atoms with Crippen LogP contribution < -0.4 is 25.2 Å². The predicted molar refractivity (Wildman–Crippen MR) is 126 cm³/mol. The molecule has 1 heterocycles. The molecule has 0 unspecified atom stereocenters. The molecular weight excluding hydrogens is 438 g/mol. The van der Waals surface area contributed by atoms with Crippen LogP contribution in [0, 0.1) is 0 Å². The normalized spacial score (nSPS) is 13.9. The molecule has 1 N–H and O–H groups in total. The number of ether oxygens (including phenoxy) is 3. The molecule has 8 heteroatoms. The lowest BCUT2D eigenvalue weighted by atomic mass is 9.95. The highest BCUT2D eigenvalue weighted by atomic mass is 16.6. The molecule has 1 aromatic heterocycles. The van der Waals surface area contributed by atoms with Crippen LogP contribution >= 0.6 is 0 Å². The maximum atomic E-state index is 12.6. The van der Waals surface area contributed by atoms with Crippen LogP contribution in [0.25, 0.3) is 11.0 Å². The highest BCUT2D eigenvalue weighted by Crippen LogP contribution is 2.26. The molecule has 1 amide bonds. The summed E-state index contributed by atoms with van der Waals surface area (Å²) >= 11 is 0. The van der Waals surface area contributed by atoms with E-state index in [1.54, 1.807) is 30.3 Å². The molecule has 0 saturated heterocycles. The number of fused-ring (bicyclic) bond motifs is 1. The van der Waals surface area contributed by atoms with Crippen molar-refractivity contribution in [1.82, 2.24) is 5.32 Å². The van der Waals surface area contributed by atoms with Crippen molar-refractivity contribution in [3.63, 3.8) is 0 Å². The number of amides is 1. The van der Waals surface area contributed by atoms with Gasteiger partial charge in [0.15, 0.2) is 18.1 Å². The Morgan fingerprint density at radius 2 is 1.74 bits per heavy atom. The molecule has 178 valence electrons. The molecule has 2 aromatic carbocycles. The second-order valence-electron chi connectivity index (χ2n) is 8.10. The molecule has 4 rings (SSSR count). The summed E-state index contributed by atoms with van der Waals surface area (Å²) in [5.74, 6) is 0.110. The number of benzene rings is 2. The molecule has 1 aliphatic carbocycles. The maximum absolute atomic E-state index is 12.6. The van der Waals surface area contributed by atoms with Gasteiger partial charge in [-0.05, 0) is 50.1 Å². The Balaban J connectivity index is 1.41. The summed E-state index contributed by atoms with van der Waals surface area (Å²) in [5.41, 5.74) is -0.559. The van der Waals surface area contributed by atoms with E-state index in [1.165, 1.54) is 18.6 Å². The first kappa shape index (κ1) is 23.4. The van der Waals surface area contributed by atoms with Crippen LogP contribution in [0.5, 0.6) is 17.2 Å². The molecule has 0 bridgehead atoms. The summed E-state index contributed by atoms with van der Waals surface area (Å²) in [4.78, 5) is 37.3. The van der Waals surface area contributed by atoms with Crippen LogP contribution in [0.1, 0.15) is 49.4 Å². The standard InChI is InChI=1S/C26H27NO7/c1-2-31-21-10-6-7-11-22(21)32-16-24(28)33-19-13-12-17-14-20(26(30)34-23(17)15-19)25(29)27-18-8-4-3-5-9-18/h6-7,10-15,18H,2-5,8-9,16H2,1H3,(H,27,29). The molecule has 1 saturated carbocycles. The first-order valence-electron chi connectivity index (χ1n) is 11.5. The molecule has 0 spiro atoms. The number of carbonyl (C=O) groups is 2. The van der Waals surface area contributed by atoms with E-state index < -0.39 is 17.5 Å². The van der Waals surface area contributed by atoms with E-state index in [9.17, 15) is 14.4 Å².